The maximum absolute atomic E-state index is 12.6. The zero-order valence-electron chi connectivity index (χ0n) is 19.6. The molecule has 0 unspecified atom stereocenters. The molecule has 2 N–H and O–H groups in total. The number of aryl methyl sites for hydroxylation is 1. The van der Waals surface area contributed by atoms with Gasteiger partial charge in [0.1, 0.15) is 24.0 Å². The third-order valence-electron chi connectivity index (χ3n) is 6.16. The van der Waals surface area contributed by atoms with Gasteiger partial charge in [-0.15, -0.1) is 0 Å². The number of hydrogen-bond donors (Lipinski definition) is 2. The highest BCUT2D eigenvalue weighted by molar-refractivity contribution is 6.04. The van der Waals surface area contributed by atoms with Gasteiger partial charge in [-0.1, -0.05) is 37.3 Å². The number of aromatic nitrogens is 2. The van der Waals surface area contributed by atoms with Crippen molar-refractivity contribution in [1.29, 1.82) is 0 Å². The molecule has 7 heteroatoms. The summed E-state index contributed by atoms with van der Waals surface area (Å²) in [6.07, 6.45) is 2.76. The Hall–Kier alpha value is -4.09. The summed E-state index contributed by atoms with van der Waals surface area (Å²) < 4.78 is 5.95. The zero-order valence-corrected chi connectivity index (χ0v) is 19.6. The standard InChI is InChI=1S/C27H28N4O3/c1-4-24-18(2)26(30-29-24)27(33)28-22-12-10-21(11-13-22)25-14-15-31(23(16-32)17-34-25)19(3)20-8-6-5-7-9-20/h5-14,19H,4,15,17H2,1-3H3,(H,28,33)(H,29,30)/t19-/m1/s1. The molecule has 1 atom stereocenters. The van der Waals surface area contributed by atoms with Crippen molar-refractivity contribution in [3.8, 4) is 0 Å². The third-order valence-corrected chi connectivity index (χ3v) is 6.16. The van der Waals surface area contributed by atoms with E-state index in [4.69, 9.17) is 4.74 Å². The van der Waals surface area contributed by atoms with E-state index in [0.29, 0.717) is 29.4 Å². The molecule has 0 fully saturated rings. The van der Waals surface area contributed by atoms with E-state index in [1.807, 2.05) is 79.4 Å². The highest BCUT2D eigenvalue weighted by atomic mass is 16.5. The largest absolute Gasteiger partial charge is 0.486 e. The lowest BCUT2D eigenvalue weighted by atomic mass is 10.1. The van der Waals surface area contributed by atoms with E-state index < -0.39 is 0 Å². The first-order valence-corrected chi connectivity index (χ1v) is 11.4. The topological polar surface area (TPSA) is 87.3 Å². The smallest absolute Gasteiger partial charge is 0.276 e. The summed E-state index contributed by atoms with van der Waals surface area (Å²) in [6.45, 7) is 6.63. The van der Waals surface area contributed by atoms with Crippen LogP contribution in [-0.4, -0.2) is 40.1 Å². The zero-order chi connectivity index (χ0) is 24.1. The maximum Gasteiger partial charge on any atom is 0.276 e. The van der Waals surface area contributed by atoms with Crippen LogP contribution in [0.3, 0.4) is 0 Å². The van der Waals surface area contributed by atoms with Crippen LogP contribution in [0.25, 0.3) is 5.76 Å². The number of H-pyrrole nitrogens is 1. The minimum absolute atomic E-state index is 0.00756. The van der Waals surface area contributed by atoms with Crippen molar-refractivity contribution >= 4 is 23.3 Å². The van der Waals surface area contributed by atoms with Crippen LogP contribution >= 0.6 is 0 Å². The summed E-state index contributed by atoms with van der Waals surface area (Å²) in [5.74, 6) is 2.48. The van der Waals surface area contributed by atoms with Gasteiger partial charge in [0.15, 0.2) is 5.69 Å². The molecule has 1 aliphatic heterocycles. The number of ether oxygens (including phenoxy) is 1. The Kier molecular flexibility index (Phi) is 6.95. The molecule has 1 amide bonds. The second-order valence-corrected chi connectivity index (χ2v) is 8.21. The van der Waals surface area contributed by atoms with Crippen LogP contribution in [0.4, 0.5) is 5.69 Å². The summed E-state index contributed by atoms with van der Waals surface area (Å²) in [5.41, 5.74) is 5.34. The van der Waals surface area contributed by atoms with Gasteiger partial charge in [0.25, 0.3) is 5.91 Å². The molecular formula is C27H28N4O3. The first kappa shape index (κ1) is 23.1. The Labute approximate surface area is 199 Å². The molecular weight excluding hydrogens is 428 g/mol. The molecule has 1 aromatic heterocycles. The minimum atomic E-state index is -0.252. The lowest BCUT2D eigenvalue weighted by Gasteiger charge is -2.29. The molecule has 0 saturated heterocycles. The lowest BCUT2D eigenvalue weighted by Crippen LogP contribution is -2.28. The number of carbonyl (C=O) groups is 1. The van der Waals surface area contributed by atoms with Crippen LogP contribution < -0.4 is 5.32 Å². The predicted molar refractivity (Wildman–Crippen MR) is 132 cm³/mol. The molecule has 2 heterocycles. The molecule has 174 valence electrons. The molecule has 0 radical (unpaired) electrons. The van der Waals surface area contributed by atoms with Crippen molar-refractivity contribution in [2.24, 2.45) is 0 Å². The summed E-state index contributed by atoms with van der Waals surface area (Å²) in [6, 6.07) is 17.5. The van der Waals surface area contributed by atoms with Gasteiger partial charge < -0.3 is 15.0 Å². The van der Waals surface area contributed by atoms with Gasteiger partial charge in [-0.3, -0.25) is 9.89 Å². The summed E-state index contributed by atoms with van der Waals surface area (Å²) in [4.78, 5) is 26.3. The molecule has 0 saturated carbocycles. The van der Waals surface area contributed by atoms with Gasteiger partial charge in [0.2, 0.25) is 0 Å². The van der Waals surface area contributed by atoms with Crippen molar-refractivity contribution in [3.63, 3.8) is 0 Å². The molecule has 0 aliphatic carbocycles. The number of hydrogen-bond acceptors (Lipinski definition) is 5. The fraction of sp³-hybridized carbons (Fsp3) is 0.259. The van der Waals surface area contributed by atoms with E-state index in [9.17, 15) is 9.59 Å². The number of amides is 1. The SMILES string of the molecule is CCc1[nH]nc(C(=O)Nc2ccc(C3=CCN([C@H](C)c4ccccc4)C(=C=O)CO3)cc2)c1C. The Balaban J connectivity index is 1.48. The second-order valence-electron chi connectivity index (χ2n) is 8.21. The fourth-order valence-corrected chi connectivity index (χ4v) is 4.08. The fourth-order valence-electron chi connectivity index (χ4n) is 4.08. The number of rotatable bonds is 6. The second kappa shape index (κ2) is 10.2. The number of aromatic amines is 1. The quantitative estimate of drug-likeness (QED) is 0.526. The number of nitrogens with one attached hydrogen (secondary N) is 2. The summed E-state index contributed by atoms with van der Waals surface area (Å²) in [7, 11) is 0. The van der Waals surface area contributed by atoms with E-state index >= 15 is 0 Å². The average molecular weight is 457 g/mol. The van der Waals surface area contributed by atoms with E-state index in [0.717, 1.165) is 28.8 Å². The van der Waals surface area contributed by atoms with E-state index in [1.54, 1.807) is 0 Å². The van der Waals surface area contributed by atoms with Crippen LogP contribution in [0.15, 0.2) is 66.4 Å². The minimum Gasteiger partial charge on any atom is -0.486 e. The van der Waals surface area contributed by atoms with Crippen molar-refractivity contribution < 1.29 is 14.3 Å². The highest BCUT2D eigenvalue weighted by Gasteiger charge is 2.23. The third kappa shape index (κ3) is 4.80. The monoisotopic (exact) mass is 456 g/mol. The molecule has 7 nitrogen and oxygen atoms in total. The Bertz CT molecular complexity index is 1240. The number of anilines is 1. The number of nitrogens with zero attached hydrogens (tertiary/aromatic N) is 2. The number of carbonyl (C=O) groups excluding carboxylic acids is 2. The van der Waals surface area contributed by atoms with Gasteiger partial charge in [-0.25, -0.2) is 4.79 Å². The van der Waals surface area contributed by atoms with Gasteiger partial charge in [0, 0.05) is 29.1 Å². The molecule has 0 bridgehead atoms. The summed E-state index contributed by atoms with van der Waals surface area (Å²) >= 11 is 0. The summed E-state index contributed by atoms with van der Waals surface area (Å²) in [5, 5.41) is 9.94. The normalized spacial score (nSPS) is 14.5. The average Bonchev–Trinajstić information content (AvgIpc) is 3.11. The molecule has 2 aromatic carbocycles. The van der Waals surface area contributed by atoms with E-state index in [1.165, 1.54) is 0 Å². The Morgan fingerprint density at radius 3 is 2.59 bits per heavy atom. The van der Waals surface area contributed by atoms with Crippen molar-refractivity contribution in [3.05, 3.63) is 94.4 Å². The van der Waals surface area contributed by atoms with Crippen LogP contribution in [0.2, 0.25) is 0 Å². The van der Waals surface area contributed by atoms with Crippen LogP contribution in [-0.2, 0) is 16.0 Å². The molecule has 3 aromatic rings. The van der Waals surface area contributed by atoms with Crippen LogP contribution in [0, 0.1) is 6.92 Å². The Morgan fingerprint density at radius 1 is 1.21 bits per heavy atom. The lowest BCUT2D eigenvalue weighted by molar-refractivity contribution is 0.102. The maximum atomic E-state index is 12.6. The Morgan fingerprint density at radius 2 is 1.94 bits per heavy atom. The van der Waals surface area contributed by atoms with Crippen molar-refractivity contribution in [1.82, 2.24) is 15.1 Å². The predicted octanol–water partition coefficient (Wildman–Crippen LogP) is 4.68. The first-order chi connectivity index (χ1) is 16.5. The van der Waals surface area contributed by atoms with E-state index in [2.05, 4.69) is 28.4 Å². The molecule has 0 spiro atoms. The van der Waals surface area contributed by atoms with Crippen LogP contribution in [0.1, 0.15) is 52.8 Å². The molecule has 34 heavy (non-hydrogen) atoms. The van der Waals surface area contributed by atoms with Gasteiger partial charge >= 0.3 is 0 Å². The van der Waals surface area contributed by atoms with Gasteiger partial charge in [-0.05, 0) is 56.2 Å². The van der Waals surface area contributed by atoms with Crippen molar-refractivity contribution in [2.75, 3.05) is 18.5 Å². The van der Waals surface area contributed by atoms with Gasteiger partial charge in [0.05, 0.1) is 6.04 Å². The van der Waals surface area contributed by atoms with Crippen molar-refractivity contribution in [2.45, 2.75) is 33.2 Å². The number of benzene rings is 2. The molecule has 4 rings (SSSR count). The van der Waals surface area contributed by atoms with Gasteiger partial charge in [-0.2, -0.15) is 5.10 Å². The molecule has 1 aliphatic rings. The van der Waals surface area contributed by atoms with Crippen LogP contribution in [0.5, 0.6) is 0 Å². The van der Waals surface area contributed by atoms with E-state index in [-0.39, 0.29) is 18.6 Å². The first-order valence-electron chi connectivity index (χ1n) is 11.4. The highest BCUT2D eigenvalue weighted by Crippen LogP contribution is 2.28.